The molecule has 3 aromatic rings. The van der Waals surface area contributed by atoms with Gasteiger partial charge in [-0.15, -0.1) is 6.58 Å². The molecule has 0 bridgehead atoms. The van der Waals surface area contributed by atoms with E-state index in [1.807, 2.05) is 18.4 Å². The molecule has 3 aromatic heterocycles. The number of hydrogen-bond donors (Lipinski definition) is 0. The van der Waals surface area contributed by atoms with Gasteiger partial charge in [-0.25, -0.2) is 13.4 Å². The highest BCUT2D eigenvalue weighted by Crippen LogP contribution is 2.22. The molecule has 9 heteroatoms. The number of aromatic nitrogens is 2. The highest BCUT2D eigenvalue weighted by Gasteiger charge is 2.29. The van der Waals surface area contributed by atoms with Crippen LogP contribution in [0.2, 0.25) is 5.15 Å². The Labute approximate surface area is 180 Å². The Bertz CT molecular complexity index is 1150. The summed E-state index contributed by atoms with van der Waals surface area (Å²) in [6.45, 7) is 7.59. The lowest BCUT2D eigenvalue weighted by molar-refractivity contribution is 0.0962. The predicted molar refractivity (Wildman–Crippen MR) is 114 cm³/mol. The molecule has 0 amide bonds. The second-order valence-electron chi connectivity index (χ2n) is 6.78. The van der Waals surface area contributed by atoms with Crippen LogP contribution in [0, 0.1) is 13.8 Å². The maximum Gasteiger partial charge on any atom is 0.245 e. The van der Waals surface area contributed by atoms with Gasteiger partial charge in [-0.1, -0.05) is 17.7 Å². The summed E-state index contributed by atoms with van der Waals surface area (Å²) >= 11 is 5.78. The second-order valence-corrected chi connectivity index (χ2v) is 9.10. The van der Waals surface area contributed by atoms with E-state index in [0.29, 0.717) is 17.9 Å². The Balaban J connectivity index is 1.95. The number of carbonyl (C=O) groups is 1. The molecule has 0 aromatic carbocycles. The number of pyridine rings is 1. The van der Waals surface area contributed by atoms with Crippen molar-refractivity contribution in [1.82, 2.24) is 13.9 Å². The Morgan fingerprint density at radius 3 is 2.70 bits per heavy atom. The highest BCUT2D eigenvalue weighted by atomic mass is 35.5. The third-order valence-corrected chi connectivity index (χ3v) is 6.75. The van der Waals surface area contributed by atoms with E-state index < -0.39 is 10.0 Å². The summed E-state index contributed by atoms with van der Waals surface area (Å²) in [6, 6.07) is 7.84. The molecule has 0 aliphatic rings. The fraction of sp³-hybridized carbons (Fsp3) is 0.238. The maximum atomic E-state index is 13.2. The lowest BCUT2D eigenvalue weighted by Gasteiger charge is -2.20. The van der Waals surface area contributed by atoms with Gasteiger partial charge >= 0.3 is 0 Å². The summed E-state index contributed by atoms with van der Waals surface area (Å²) in [5, 5.41) is 0.178. The normalized spacial score (nSPS) is 11.7. The molecule has 0 unspecified atom stereocenters. The van der Waals surface area contributed by atoms with Crippen molar-refractivity contribution in [1.29, 1.82) is 0 Å². The van der Waals surface area contributed by atoms with Crippen LogP contribution in [-0.4, -0.2) is 34.6 Å². The van der Waals surface area contributed by atoms with Gasteiger partial charge in [-0.3, -0.25) is 4.79 Å². The first-order valence-electron chi connectivity index (χ1n) is 9.19. The zero-order valence-corrected chi connectivity index (χ0v) is 18.3. The minimum atomic E-state index is -4.01. The molecule has 3 rings (SSSR count). The summed E-state index contributed by atoms with van der Waals surface area (Å²) in [5.74, 6) is 0.112. The summed E-state index contributed by atoms with van der Waals surface area (Å²) in [6.07, 6.45) is 4.37. The van der Waals surface area contributed by atoms with Crippen LogP contribution in [0.4, 0.5) is 0 Å². The molecule has 0 radical (unpaired) electrons. The number of aryl methyl sites for hydroxylation is 1. The van der Waals surface area contributed by atoms with Crippen LogP contribution in [0.3, 0.4) is 0 Å². The van der Waals surface area contributed by atoms with Gasteiger partial charge in [0, 0.05) is 29.7 Å². The molecule has 0 saturated heterocycles. The summed E-state index contributed by atoms with van der Waals surface area (Å²) in [7, 11) is -4.01. The van der Waals surface area contributed by atoms with E-state index in [4.69, 9.17) is 16.0 Å². The smallest absolute Gasteiger partial charge is 0.245 e. The van der Waals surface area contributed by atoms with E-state index in [0.717, 1.165) is 15.7 Å². The van der Waals surface area contributed by atoms with Crippen molar-refractivity contribution in [2.75, 3.05) is 6.54 Å². The van der Waals surface area contributed by atoms with Crippen LogP contribution in [0.15, 0.2) is 64.8 Å². The van der Waals surface area contributed by atoms with E-state index in [2.05, 4.69) is 11.6 Å². The number of ketones is 1. The molecule has 3 heterocycles. The van der Waals surface area contributed by atoms with Gasteiger partial charge < -0.3 is 8.98 Å². The van der Waals surface area contributed by atoms with E-state index in [1.54, 1.807) is 24.3 Å². The average Bonchev–Trinajstić information content (AvgIpc) is 3.31. The molecule has 0 aliphatic heterocycles. The van der Waals surface area contributed by atoms with Crippen molar-refractivity contribution in [3.8, 4) is 0 Å². The van der Waals surface area contributed by atoms with Crippen molar-refractivity contribution in [2.45, 2.75) is 31.8 Å². The third-order valence-electron chi connectivity index (χ3n) is 4.76. The number of nitrogens with zero attached hydrogens (tertiary/aromatic N) is 3. The summed E-state index contributed by atoms with van der Waals surface area (Å²) in [5.41, 5.74) is 2.14. The standard InChI is InChI=1S/C21H22ClN3O4S/c1-4-9-25-15(2)11-19(16(25)3)20(26)14-24(13-17-6-5-10-29-17)30(27,28)18-7-8-21(22)23-12-18/h4-8,10-12H,1,9,13-14H2,2-3H3. The van der Waals surface area contributed by atoms with Crippen LogP contribution < -0.4 is 0 Å². The number of hydrogen-bond acceptors (Lipinski definition) is 5. The van der Waals surface area contributed by atoms with Gasteiger partial charge in [-0.2, -0.15) is 4.31 Å². The van der Waals surface area contributed by atoms with E-state index in [9.17, 15) is 13.2 Å². The Hall–Kier alpha value is -2.68. The largest absolute Gasteiger partial charge is 0.468 e. The minimum absolute atomic E-state index is 0.0524. The topological polar surface area (TPSA) is 85.4 Å². The zero-order chi connectivity index (χ0) is 21.9. The predicted octanol–water partition coefficient (Wildman–Crippen LogP) is 4.01. The second kappa shape index (κ2) is 8.99. The molecule has 0 N–H and O–H groups in total. The van der Waals surface area contributed by atoms with Crippen molar-refractivity contribution >= 4 is 27.4 Å². The molecule has 0 atom stereocenters. The van der Waals surface area contributed by atoms with Gasteiger partial charge in [-0.05, 0) is 44.2 Å². The number of furan rings is 1. The first kappa shape index (κ1) is 22.0. The Morgan fingerprint density at radius 1 is 1.33 bits per heavy atom. The number of halogens is 1. The molecule has 0 saturated carbocycles. The lowest BCUT2D eigenvalue weighted by atomic mass is 10.1. The molecular weight excluding hydrogens is 426 g/mol. The molecule has 7 nitrogen and oxygen atoms in total. The maximum absolute atomic E-state index is 13.2. The van der Waals surface area contributed by atoms with Gasteiger partial charge in [0.2, 0.25) is 10.0 Å². The lowest BCUT2D eigenvalue weighted by Crippen LogP contribution is -2.35. The average molecular weight is 448 g/mol. The number of carbonyl (C=O) groups excluding carboxylic acids is 1. The van der Waals surface area contributed by atoms with E-state index in [1.165, 1.54) is 24.6 Å². The van der Waals surface area contributed by atoms with Crippen LogP contribution in [0.1, 0.15) is 27.5 Å². The van der Waals surface area contributed by atoms with Crippen molar-refractivity contribution in [3.05, 3.63) is 83.3 Å². The first-order valence-corrected chi connectivity index (χ1v) is 11.0. The monoisotopic (exact) mass is 447 g/mol. The van der Waals surface area contributed by atoms with Crippen molar-refractivity contribution in [3.63, 3.8) is 0 Å². The van der Waals surface area contributed by atoms with E-state index >= 15 is 0 Å². The summed E-state index contributed by atoms with van der Waals surface area (Å²) < 4.78 is 34.8. The van der Waals surface area contributed by atoms with Gasteiger partial charge in [0.25, 0.3) is 0 Å². The number of rotatable bonds is 9. The summed E-state index contributed by atoms with van der Waals surface area (Å²) in [4.78, 5) is 16.9. The van der Waals surface area contributed by atoms with Gasteiger partial charge in [0.15, 0.2) is 5.78 Å². The molecular formula is C21H22ClN3O4S. The fourth-order valence-corrected chi connectivity index (χ4v) is 4.63. The van der Waals surface area contributed by atoms with Crippen molar-refractivity contribution < 1.29 is 17.6 Å². The number of allylic oxidation sites excluding steroid dienone is 1. The highest BCUT2D eigenvalue weighted by molar-refractivity contribution is 7.89. The Kier molecular flexibility index (Phi) is 6.60. The number of sulfonamides is 1. The molecule has 158 valence electrons. The van der Waals surface area contributed by atoms with Crippen LogP contribution in [-0.2, 0) is 23.1 Å². The Morgan fingerprint density at radius 2 is 2.10 bits per heavy atom. The quantitative estimate of drug-likeness (QED) is 0.281. The molecule has 30 heavy (non-hydrogen) atoms. The van der Waals surface area contributed by atoms with E-state index in [-0.39, 0.29) is 28.9 Å². The van der Waals surface area contributed by atoms with Gasteiger partial charge in [0.1, 0.15) is 15.8 Å². The molecule has 0 spiro atoms. The van der Waals surface area contributed by atoms with Crippen LogP contribution in [0.5, 0.6) is 0 Å². The molecule has 0 aliphatic carbocycles. The van der Waals surface area contributed by atoms with Gasteiger partial charge in [0.05, 0.1) is 19.4 Å². The molecule has 0 fully saturated rings. The van der Waals surface area contributed by atoms with Crippen LogP contribution in [0.25, 0.3) is 0 Å². The minimum Gasteiger partial charge on any atom is -0.468 e. The zero-order valence-electron chi connectivity index (χ0n) is 16.7. The third kappa shape index (κ3) is 4.56. The van der Waals surface area contributed by atoms with Crippen molar-refractivity contribution in [2.24, 2.45) is 0 Å². The van der Waals surface area contributed by atoms with Crippen LogP contribution >= 0.6 is 11.6 Å². The SMILES string of the molecule is C=CCn1c(C)cc(C(=O)CN(Cc2ccco2)S(=O)(=O)c2ccc(Cl)nc2)c1C. The first-order chi connectivity index (χ1) is 14.2. The fourth-order valence-electron chi connectivity index (χ4n) is 3.20. The number of Topliss-reactive ketones (excluding diaryl/α,β-unsaturated/α-hetero) is 1.